The highest BCUT2D eigenvalue weighted by Gasteiger charge is 2.38. The molecule has 140 valence electrons. The Morgan fingerprint density at radius 1 is 1.16 bits per heavy atom. The van der Waals surface area contributed by atoms with Gasteiger partial charge < -0.3 is 4.43 Å². The van der Waals surface area contributed by atoms with Crippen molar-refractivity contribution >= 4 is 20.1 Å². The second kappa shape index (κ2) is 8.45. The average Bonchev–Trinajstić information content (AvgIpc) is 2.94. The SMILES string of the molecule is CC(C)[C@@H]1CCC(CSc2ccccc2)=C1CO[Si](C)(C)C(C)(C)C. The lowest BCUT2D eigenvalue weighted by molar-refractivity contribution is 0.293. The van der Waals surface area contributed by atoms with E-state index in [9.17, 15) is 0 Å². The van der Waals surface area contributed by atoms with Gasteiger partial charge in [0.15, 0.2) is 8.32 Å². The van der Waals surface area contributed by atoms with E-state index in [1.807, 2.05) is 11.8 Å². The van der Waals surface area contributed by atoms with Crippen molar-refractivity contribution < 1.29 is 4.43 Å². The fourth-order valence-electron chi connectivity index (χ4n) is 3.20. The molecular weight excluding hydrogens is 340 g/mol. The van der Waals surface area contributed by atoms with Crippen LogP contribution in [0.3, 0.4) is 0 Å². The van der Waals surface area contributed by atoms with Gasteiger partial charge in [-0.3, -0.25) is 0 Å². The first-order valence-corrected chi connectivity index (χ1v) is 13.5. The molecule has 0 amide bonds. The quantitative estimate of drug-likeness (QED) is 0.283. The Morgan fingerprint density at radius 2 is 1.80 bits per heavy atom. The monoisotopic (exact) mass is 376 g/mol. The summed E-state index contributed by atoms with van der Waals surface area (Å²) in [6.07, 6.45) is 2.55. The summed E-state index contributed by atoms with van der Waals surface area (Å²) >= 11 is 1.97. The van der Waals surface area contributed by atoms with Crippen LogP contribution in [0.25, 0.3) is 0 Å². The van der Waals surface area contributed by atoms with Crippen LogP contribution in [-0.4, -0.2) is 20.7 Å². The first-order valence-electron chi connectivity index (χ1n) is 9.64. The lowest BCUT2D eigenvalue weighted by Crippen LogP contribution is -2.41. The summed E-state index contributed by atoms with van der Waals surface area (Å²) in [5.41, 5.74) is 3.26. The fraction of sp³-hybridized carbons (Fsp3) is 0.636. The zero-order chi connectivity index (χ0) is 18.7. The molecule has 0 N–H and O–H groups in total. The van der Waals surface area contributed by atoms with Crippen LogP contribution in [0.1, 0.15) is 47.5 Å². The maximum atomic E-state index is 6.61. The highest BCUT2D eigenvalue weighted by Crippen LogP contribution is 2.42. The first-order chi connectivity index (χ1) is 11.6. The van der Waals surface area contributed by atoms with Gasteiger partial charge in [0, 0.05) is 10.6 Å². The molecule has 1 aromatic rings. The van der Waals surface area contributed by atoms with Crippen molar-refractivity contribution in [2.75, 3.05) is 12.4 Å². The van der Waals surface area contributed by atoms with Gasteiger partial charge in [0.2, 0.25) is 0 Å². The van der Waals surface area contributed by atoms with E-state index in [1.165, 1.54) is 17.7 Å². The van der Waals surface area contributed by atoms with Crippen LogP contribution in [0, 0.1) is 11.8 Å². The minimum atomic E-state index is -1.69. The molecule has 0 radical (unpaired) electrons. The van der Waals surface area contributed by atoms with Crippen LogP contribution in [0.15, 0.2) is 46.4 Å². The molecule has 2 rings (SSSR count). The highest BCUT2D eigenvalue weighted by atomic mass is 32.2. The van der Waals surface area contributed by atoms with Crippen LogP contribution < -0.4 is 0 Å². The van der Waals surface area contributed by atoms with Gasteiger partial charge >= 0.3 is 0 Å². The average molecular weight is 377 g/mol. The molecule has 0 bridgehead atoms. The van der Waals surface area contributed by atoms with Crippen molar-refractivity contribution in [1.29, 1.82) is 0 Å². The minimum absolute atomic E-state index is 0.276. The van der Waals surface area contributed by atoms with Crippen molar-refractivity contribution in [2.24, 2.45) is 11.8 Å². The van der Waals surface area contributed by atoms with Crippen molar-refractivity contribution in [3.8, 4) is 0 Å². The molecule has 1 nitrogen and oxygen atoms in total. The van der Waals surface area contributed by atoms with Crippen LogP contribution in [0.4, 0.5) is 0 Å². The Morgan fingerprint density at radius 3 is 2.36 bits per heavy atom. The smallest absolute Gasteiger partial charge is 0.192 e. The topological polar surface area (TPSA) is 9.23 Å². The summed E-state index contributed by atoms with van der Waals surface area (Å²) in [4.78, 5) is 1.37. The summed E-state index contributed by atoms with van der Waals surface area (Å²) in [6.45, 7) is 17.3. The number of thioether (sulfide) groups is 1. The first kappa shape index (κ1) is 20.8. The molecule has 0 aliphatic heterocycles. The van der Waals surface area contributed by atoms with Crippen LogP contribution in [-0.2, 0) is 4.43 Å². The van der Waals surface area contributed by atoms with Gasteiger partial charge in [-0.15, -0.1) is 11.8 Å². The molecule has 0 heterocycles. The molecule has 3 heteroatoms. The predicted molar refractivity (Wildman–Crippen MR) is 115 cm³/mol. The Hall–Kier alpha value is -0.513. The van der Waals surface area contributed by atoms with E-state index < -0.39 is 8.32 Å². The summed E-state index contributed by atoms with van der Waals surface area (Å²) in [5.74, 6) is 2.53. The van der Waals surface area contributed by atoms with Gasteiger partial charge in [0.1, 0.15) is 0 Å². The summed E-state index contributed by atoms with van der Waals surface area (Å²) in [7, 11) is -1.69. The van der Waals surface area contributed by atoms with E-state index in [4.69, 9.17) is 4.43 Å². The molecule has 0 fully saturated rings. The zero-order valence-electron chi connectivity index (χ0n) is 17.2. The standard InChI is InChI=1S/C22H36OSSi/c1-17(2)20-14-13-18(16-24-19-11-9-8-10-12-19)21(20)15-23-25(6,7)22(3,4)5/h8-12,17,20H,13-16H2,1-7H3/t20-/m0/s1. The molecule has 25 heavy (non-hydrogen) atoms. The van der Waals surface area contributed by atoms with Crippen molar-refractivity contribution in [3.05, 3.63) is 41.5 Å². The molecular formula is C22H36OSSi. The second-order valence-corrected chi connectivity index (χ2v) is 15.0. The normalized spacial score (nSPS) is 19.1. The molecule has 0 saturated heterocycles. The zero-order valence-corrected chi connectivity index (χ0v) is 19.0. The van der Waals surface area contributed by atoms with Crippen LogP contribution in [0.2, 0.25) is 18.1 Å². The van der Waals surface area contributed by atoms with Gasteiger partial charge in [-0.2, -0.15) is 0 Å². The van der Waals surface area contributed by atoms with E-state index >= 15 is 0 Å². The van der Waals surface area contributed by atoms with E-state index in [0.29, 0.717) is 11.8 Å². The Kier molecular flexibility index (Phi) is 7.03. The van der Waals surface area contributed by atoms with Crippen molar-refractivity contribution in [1.82, 2.24) is 0 Å². The predicted octanol–water partition coefficient (Wildman–Crippen LogP) is 7.16. The van der Waals surface area contributed by atoms with Crippen LogP contribution >= 0.6 is 11.8 Å². The number of hydrogen-bond donors (Lipinski definition) is 0. The largest absolute Gasteiger partial charge is 0.413 e. The molecule has 1 atom stereocenters. The molecule has 0 saturated carbocycles. The molecule has 0 unspecified atom stereocenters. The lowest BCUT2D eigenvalue weighted by Gasteiger charge is -2.37. The molecule has 1 aliphatic rings. The molecule has 1 aromatic carbocycles. The van der Waals surface area contributed by atoms with Gasteiger partial charge in [-0.1, -0.05) is 58.4 Å². The van der Waals surface area contributed by atoms with Gasteiger partial charge in [-0.05, 0) is 60.5 Å². The van der Waals surface area contributed by atoms with Crippen molar-refractivity contribution in [2.45, 2.75) is 70.5 Å². The third kappa shape index (κ3) is 5.48. The summed E-state index contributed by atoms with van der Waals surface area (Å²) < 4.78 is 6.61. The third-order valence-corrected chi connectivity index (χ3v) is 11.6. The number of rotatable bonds is 7. The minimum Gasteiger partial charge on any atom is -0.413 e. The Labute approximate surface area is 160 Å². The molecule has 1 aliphatic carbocycles. The van der Waals surface area contributed by atoms with Crippen LogP contribution in [0.5, 0.6) is 0 Å². The van der Waals surface area contributed by atoms with Gasteiger partial charge in [-0.25, -0.2) is 0 Å². The summed E-state index contributed by atoms with van der Waals surface area (Å²) in [6, 6.07) is 10.8. The summed E-state index contributed by atoms with van der Waals surface area (Å²) in [5, 5.41) is 0.276. The van der Waals surface area contributed by atoms with E-state index in [-0.39, 0.29) is 5.04 Å². The number of hydrogen-bond acceptors (Lipinski definition) is 2. The maximum absolute atomic E-state index is 6.61. The number of benzene rings is 1. The Balaban J connectivity index is 2.11. The highest BCUT2D eigenvalue weighted by molar-refractivity contribution is 7.99. The maximum Gasteiger partial charge on any atom is 0.192 e. The Bertz CT molecular complexity index is 584. The second-order valence-electron chi connectivity index (χ2n) is 9.17. The lowest BCUT2D eigenvalue weighted by atomic mass is 9.90. The van der Waals surface area contributed by atoms with E-state index in [1.54, 1.807) is 11.1 Å². The van der Waals surface area contributed by atoms with E-state index in [2.05, 4.69) is 78.0 Å². The van der Waals surface area contributed by atoms with Gasteiger partial charge in [0.25, 0.3) is 0 Å². The fourth-order valence-corrected chi connectivity index (χ4v) is 5.17. The van der Waals surface area contributed by atoms with Crippen molar-refractivity contribution in [3.63, 3.8) is 0 Å². The molecule has 0 aromatic heterocycles. The molecule has 0 spiro atoms. The van der Waals surface area contributed by atoms with E-state index in [0.717, 1.165) is 12.4 Å². The van der Waals surface area contributed by atoms with Gasteiger partial charge in [0.05, 0.1) is 6.61 Å². The third-order valence-electron chi connectivity index (χ3n) is 6.01.